The second-order valence-corrected chi connectivity index (χ2v) is 30.9. The molecule has 3 aromatic rings. The minimum absolute atomic E-state index is 0.521. The molecular weight excluding hydrogens is 1280 g/mol. The summed E-state index contributed by atoms with van der Waals surface area (Å²) in [6, 6.07) is 12.2. The molecule has 0 fully saturated rings. The summed E-state index contributed by atoms with van der Waals surface area (Å²) in [6.45, 7) is 17.2. The first-order valence-corrected chi connectivity index (χ1v) is 45.0. The fourth-order valence-corrected chi connectivity index (χ4v) is 14.2. The first-order valence-electron chi connectivity index (χ1n) is 45.0. The normalized spacial score (nSPS) is 11.6. The molecular formula is C96H162O8. The molecule has 8 nitrogen and oxygen atoms in total. The van der Waals surface area contributed by atoms with Crippen LogP contribution in [0.4, 0.5) is 0 Å². The zero-order valence-corrected chi connectivity index (χ0v) is 68.9. The molecule has 0 saturated carbocycles. The van der Waals surface area contributed by atoms with Gasteiger partial charge in [0.05, 0.1) is 50.8 Å². The third-order valence-corrected chi connectivity index (χ3v) is 21.1. The summed E-state index contributed by atoms with van der Waals surface area (Å²) < 4.78 is 40.5. The van der Waals surface area contributed by atoms with Crippen LogP contribution in [0.3, 0.4) is 0 Å². The SMILES string of the molecule is CCCCCCCCCCCCOc1cc(/C=C/c2cc(OCCCCCCCCCCCC)c(/C=C/c3cc(OCCCCCCCCCCCC)c(C=O)cc3OCCCCCCCCCCCC)cc2OCCCCCCCCCCCC)c(OCCCCCCCCCCCC)cc1C=O. The Kier molecular flexibility index (Phi) is 62.9. The Labute approximate surface area is 642 Å². The molecule has 0 aromatic heterocycles. The predicted molar refractivity (Wildman–Crippen MR) is 452 cm³/mol. The van der Waals surface area contributed by atoms with Crippen molar-refractivity contribution in [1.29, 1.82) is 0 Å². The molecule has 0 saturated heterocycles. The maximum Gasteiger partial charge on any atom is 0.153 e. The molecule has 0 N–H and O–H groups in total. The number of carbonyl (C=O) groups excluding carboxylic acids is 2. The molecule has 8 heteroatoms. The van der Waals surface area contributed by atoms with Gasteiger partial charge in [0, 0.05) is 22.3 Å². The van der Waals surface area contributed by atoms with Crippen LogP contribution < -0.4 is 28.4 Å². The zero-order chi connectivity index (χ0) is 74.3. The molecule has 0 aliphatic carbocycles. The molecule has 594 valence electrons. The van der Waals surface area contributed by atoms with Crippen LogP contribution in [0.1, 0.15) is 470 Å². The highest BCUT2D eigenvalue weighted by Gasteiger charge is 2.17. The number of carbonyl (C=O) groups is 2. The van der Waals surface area contributed by atoms with Gasteiger partial charge in [-0.05, 0) is 74.9 Å². The van der Waals surface area contributed by atoms with Crippen molar-refractivity contribution in [3.63, 3.8) is 0 Å². The standard InChI is InChI=1S/C96H162O8/c1-7-13-19-25-31-37-43-49-55-61-71-99-91-77-86(68-70-88-80-96(104-76-66-60-54-48-42-36-30-24-18-12-6)90(84-98)82-94(88)102-74-64-58-52-46-40-34-28-22-16-10-4)92(100-72-62-56-50-44-38-32-26-20-14-8-2)78-85(91)67-69-87-79-95(103-75-65-59-53-47-41-35-29-23-17-11-5)89(83-97)81-93(87)101-73-63-57-51-45-39-33-27-21-15-9-3/h67-70,77-84H,7-66,71-76H2,1-6H3/b69-67+,70-68+. The molecule has 3 aromatic carbocycles. The molecule has 0 atom stereocenters. The molecule has 0 unspecified atom stereocenters. The van der Waals surface area contributed by atoms with E-state index in [0.29, 0.717) is 73.8 Å². The van der Waals surface area contributed by atoms with E-state index in [1.165, 1.54) is 308 Å². The Hall–Kier alpha value is -4.72. The number of benzene rings is 3. The highest BCUT2D eigenvalue weighted by molar-refractivity contribution is 5.86. The van der Waals surface area contributed by atoms with Gasteiger partial charge in [-0.15, -0.1) is 0 Å². The number of aldehydes is 2. The van der Waals surface area contributed by atoms with Crippen molar-refractivity contribution in [2.45, 2.75) is 427 Å². The van der Waals surface area contributed by atoms with Crippen molar-refractivity contribution in [2.24, 2.45) is 0 Å². The van der Waals surface area contributed by atoms with E-state index < -0.39 is 0 Å². The molecule has 0 radical (unpaired) electrons. The van der Waals surface area contributed by atoms with Crippen LogP contribution in [0.25, 0.3) is 24.3 Å². The first kappa shape index (κ1) is 93.5. The van der Waals surface area contributed by atoms with Gasteiger partial charge in [0.2, 0.25) is 0 Å². The predicted octanol–water partition coefficient (Wildman–Crippen LogP) is 31.5. The second-order valence-electron chi connectivity index (χ2n) is 30.9. The van der Waals surface area contributed by atoms with Gasteiger partial charge in [-0.25, -0.2) is 0 Å². The van der Waals surface area contributed by atoms with E-state index in [0.717, 1.165) is 123 Å². The number of hydrogen-bond donors (Lipinski definition) is 0. The van der Waals surface area contributed by atoms with Crippen LogP contribution in [0.2, 0.25) is 0 Å². The minimum atomic E-state index is 0.521. The summed E-state index contributed by atoms with van der Waals surface area (Å²) >= 11 is 0. The number of ether oxygens (including phenoxy) is 6. The van der Waals surface area contributed by atoms with Crippen molar-refractivity contribution >= 4 is 36.9 Å². The van der Waals surface area contributed by atoms with E-state index in [2.05, 4.69) is 78.0 Å². The van der Waals surface area contributed by atoms with Crippen LogP contribution in [-0.2, 0) is 0 Å². The van der Waals surface area contributed by atoms with Gasteiger partial charge in [-0.1, -0.05) is 413 Å². The Morgan fingerprint density at radius 1 is 0.173 bits per heavy atom. The lowest BCUT2D eigenvalue weighted by Crippen LogP contribution is -2.04. The molecule has 0 spiro atoms. The van der Waals surface area contributed by atoms with Crippen LogP contribution in [-0.4, -0.2) is 52.2 Å². The summed E-state index contributed by atoms with van der Waals surface area (Å²) in [5, 5.41) is 0. The molecule has 0 bridgehead atoms. The molecule has 0 heterocycles. The van der Waals surface area contributed by atoms with Gasteiger partial charge in [-0.2, -0.15) is 0 Å². The Bertz CT molecular complexity index is 2340. The monoisotopic (exact) mass is 1440 g/mol. The second kappa shape index (κ2) is 70.0. The molecule has 0 amide bonds. The van der Waals surface area contributed by atoms with Gasteiger partial charge in [-0.3, -0.25) is 9.59 Å². The van der Waals surface area contributed by atoms with Crippen molar-refractivity contribution in [2.75, 3.05) is 39.6 Å². The molecule has 3 rings (SSSR count). The highest BCUT2D eigenvalue weighted by Crippen LogP contribution is 2.37. The molecule has 104 heavy (non-hydrogen) atoms. The lowest BCUT2D eigenvalue weighted by molar-refractivity contribution is 0.111. The fraction of sp³-hybridized carbons (Fsp3) is 0.750. The quantitative estimate of drug-likeness (QED) is 0.0314. The molecule has 0 aliphatic heterocycles. The van der Waals surface area contributed by atoms with Crippen molar-refractivity contribution < 1.29 is 38.0 Å². The number of rotatable bonds is 78. The zero-order valence-electron chi connectivity index (χ0n) is 68.9. The Morgan fingerprint density at radius 3 is 0.423 bits per heavy atom. The van der Waals surface area contributed by atoms with Gasteiger partial charge in [0.25, 0.3) is 0 Å². The van der Waals surface area contributed by atoms with Crippen molar-refractivity contribution in [3.05, 3.63) is 69.8 Å². The van der Waals surface area contributed by atoms with E-state index in [1.54, 1.807) is 0 Å². The summed E-state index contributed by atoms with van der Waals surface area (Å²) in [5.74, 6) is 4.14. The number of unbranched alkanes of at least 4 members (excludes halogenated alkanes) is 54. The smallest absolute Gasteiger partial charge is 0.153 e. The largest absolute Gasteiger partial charge is 0.493 e. The first-order chi connectivity index (χ1) is 51.5. The van der Waals surface area contributed by atoms with E-state index in [4.69, 9.17) is 28.4 Å². The summed E-state index contributed by atoms with van der Waals surface area (Å²) in [4.78, 5) is 25.9. The average Bonchev–Trinajstić information content (AvgIpc) is 0.821. The van der Waals surface area contributed by atoms with Crippen LogP contribution in [0.15, 0.2) is 36.4 Å². The Balaban J connectivity index is 2.13. The average molecular weight is 1440 g/mol. The topological polar surface area (TPSA) is 89.5 Å². The lowest BCUT2D eigenvalue weighted by atomic mass is 10.0. The third-order valence-electron chi connectivity index (χ3n) is 21.1. The maximum absolute atomic E-state index is 12.9. The van der Waals surface area contributed by atoms with Crippen LogP contribution >= 0.6 is 0 Å². The van der Waals surface area contributed by atoms with Crippen molar-refractivity contribution in [1.82, 2.24) is 0 Å². The number of hydrogen-bond acceptors (Lipinski definition) is 8. The summed E-state index contributed by atoms with van der Waals surface area (Å²) in [7, 11) is 0. The Morgan fingerprint density at radius 2 is 0.288 bits per heavy atom. The molecule has 0 aliphatic rings. The van der Waals surface area contributed by atoms with Gasteiger partial charge in [0.1, 0.15) is 34.5 Å². The summed E-state index contributed by atoms with van der Waals surface area (Å²) in [5.41, 5.74) is 4.61. The van der Waals surface area contributed by atoms with Gasteiger partial charge in [0.15, 0.2) is 12.6 Å². The van der Waals surface area contributed by atoms with E-state index in [9.17, 15) is 9.59 Å². The van der Waals surface area contributed by atoms with E-state index >= 15 is 0 Å². The van der Waals surface area contributed by atoms with Gasteiger partial charge < -0.3 is 28.4 Å². The minimum Gasteiger partial charge on any atom is -0.493 e. The fourth-order valence-electron chi connectivity index (χ4n) is 14.2. The van der Waals surface area contributed by atoms with Gasteiger partial charge >= 0.3 is 0 Å². The van der Waals surface area contributed by atoms with Crippen molar-refractivity contribution in [3.8, 4) is 34.5 Å². The van der Waals surface area contributed by atoms with Crippen LogP contribution in [0, 0.1) is 0 Å². The summed E-state index contributed by atoms with van der Waals surface area (Å²) in [6.07, 6.45) is 85.5. The van der Waals surface area contributed by atoms with Crippen LogP contribution in [0.5, 0.6) is 34.5 Å². The third kappa shape index (κ3) is 49.3. The highest BCUT2D eigenvalue weighted by atomic mass is 16.5. The van der Waals surface area contributed by atoms with E-state index in [1.807, 2.05) is 24.3 Å². The maximum atomic E-state index is 12.9. The van der Waals surface area contributed by atoms with E-state index in [-0.39, 0.29) is 0 Å². The lowest BCUT2D eigenvalue weighted by Gasteiger charge is -2.17.